The molecule has 2 rings (SSSR count). The van der Waals surface area contributed by atoms with Crippen molar-refractivity contribution in [1.82, 2.24) is 0 Å². The highest BCUT2D eigenvalue weighted by Gasteiger charge is 2.05. The Balaban J connectivity index is 2.06. The van der Waals surface area contributed by atoms with Gasteiger partial charge < -0.3 is 4.42 Å². The van der Waals surface area contributed by atoms with Crippen LogP contribution in [0.15, 0.2) is 64.1 Å². The van der Waals surface area contributed by atoms with Crippen molar-refractivity contribution < 1.29 is 9.21 Å². The molecule has 0 spiro atoms. The van der Waals surface area contributed by atoms with E-state index in [2.05, 4.69) is 0 Å². The molecule has 0 saturated carbocycles. The largest absolute Gasteiger partial charge is 0.458 e. The number of benzene rings is 1. The van der Waals surface area contributed by atoms with Crippen molar-refractivity contribution in [2.24, 2.45) is 0 Å². The van der Waals surface area contributed by atoms with E-state index in [4.69, 9.17) is 16.0 Å². The number of furan rings is 1. The molecule has 0 aliphatic carbocycles. The summed E-state index contributed by atoms with van der Waals surface area (Å²) in [6, 6.07) is 13.1. The zero-order valence-electron chi connectivity index (χ0n) is 10.5. The monoisotopic (exact) mass is 272 g/mol. The fourth-order valence-electron chi connectivity index (χ4n) is 1.56. The zero-order chi connectivity index (χ0) is 13.7. The molecule has 0 N–H and O–H groups in total. The number of carbonyl (C=O) groups is 1. The van der Waals surface area contributed by atoms with Crippen molar-refractivity contribution in [3.63, 3.8) is 0 Å². The maximum atomic E-state index is 11.7. The summed E-state index contributed by atoms with van der Waals surface area (Å²) in [7, 11) is 0. The maximum Gasteiger partial charge on any atom is 0.221 e. The number of rotatable bonds is 4. The van der Waals surface area contributed by atoms with Crippen molar-refractivity contribution >= 4 is 23.5 Å². The van der Waals surface area contributed by atoms with E-state index in [0.29, 0.717) is 16.6 Å². The van der Waals surface area contributed by atoms with Crippen molar-refractivity contribution in [2.75, 3.05) is 0 Å². The maximum absolute atomic E-state index is 11.7. The van der Waals surface area contributed by atoms with Crippen LogP contribution in [0.1, 0.15) is 21.9 Å². The van der Waals surface area contributed by atoms with Crippen LogP contribution in [0.3, 0.4) is 0 Å². The molecule has 2 nitrogen and oxygen atoms in total. The third-order valence-electron chi connectivity index (χ3n) is 2.48. The summed E-state index contributed by atoms with van der Waals surface area (Å²) in [6.45, 7) is 1.79. The van der Waals surface area contributed by atoms with Crippen molar-refractivity contribution in [1.29, 1.82) is 0 Å². The summed E-state index contributed by atoms with van der Waals surface area (Å²) in [5.41, 5.74) is 0.985. The molecule has 0 saturated heterocycles. The van der Waals surface area contributed by atoms with Gasteiger partial charge >= 0.3 is 0 Å². The van der Waals surface area contributed by atoms with Gasteiger partial charge in [0.15, 0.2) is 5.76 Å². The van der Waals surface area contributed by atoms with Crippen molar-refractivity contribution in [3.05, 3.63) is 76.7 Å². The van der Waals surface area contributed by atoms with Gasteiger partial charge in [-0.2, -0.15) is 0 Å². The average molecular weight is 273 g/mol. The predicted octanol–water partition coefficient (Wildman–Crippen LogP) is 4.61. The first-order valence-electron chi connectivity index (χ1n) is 5.86. The van der Waals surface area contributed by atoms with E-state index in [1.807, 2.05) is 30.3 Å². The molecule has 1 aromatic carbocycles. The fourth-order valence-corrected chi connectivity index (χ4v) is 1.75. The van der Waals surface area contributed by atoms with E-state index < -0.39 is 0 Å². The molecule has 0 fully saturated rings. The lowest BCUT2D eigenvalue weighted by Crippen LogP contribution is -1.90. The SMILES string of the molecule is Cc1ccc(C(=O)/C=C\C(Cl)=C/c2ccccc2)o1. The Labute approximate surface area is 117 Å². The molecule has 96 valence electrons. The number of halogens is 1. The molecule has 0 bridgehead atoms. The Hall–Kier alpha value is -2.06. The first-order chi connectivity index (χ1) is 9.15. The van der Waals surface area contributed by atoms with Crippen molar-refractivity contribution in [2.45, 2.75) is 6.92 Å². The lowest BCUT2D eigenvalue weighted by Gasteiger charge is -1.93. The molecule has 0 unspecified atom stereocenters. The minimum Gasteiger partial charge on any atom is -0.458 e. The molecule has 1 aromatic heterocycles. The number of hydrogen-bond donors (Lipinski definition) is 0. The Morgan fingerprint density at radius 1 is 1.11 bits per heavy atom. The van der Waals surface area contributed by atoms with Crippen LogP contribution in [0.2, 0.25) is 0 Å². The van der Waals surface area contributed by atoms with Gasteiger partial charge in [0.25, 0.3) is 0 Å². The van der Waals surface area contributed by atoms with E-state index >= 15 is 0 Å². The molecule has 2 aromatic rings. The summed E-state index contributed by atoms with van der Waals surface area (Å²) in [6.07, 6.45) is 4.76. The van der Waals surface area contributed by atoms with Gasteiger partial charge in [0, 0.05) is 5.03 Å². The smallest absolute Gasteiger partial charge is 0.221 e. The van der Waals surface area contributed by atoms with Gasteiger partial charge in [-0.15, -0.1) is 0 Å². The summed E-state index contributed by atoms with van der Waals surface area (Å²) < 4.78 is 5.23. The van der Waals surface area contributed by atoms with Crippen LogP contribution in [-0.2, 0) is 0 Å². The van der Waals surface area contributed by atoms with Gasteiger partial charge in [-0.1, -0.05) is 41.9 Å². The van der Waals surface area contributed by atoms with Crippen LogP contribution in [0, 0.1) is 6.92 Å². The van der Waals surface area contributed by atoms with E-state index in [1.54, 1.807) is 31.2 Å². The van der Waals surface area contributed by atoms with Crippen LogP contribution in [-0.4, -0.2) is 5.78 Å². The predicted molar refractivity (Wildman–Crippen MR) is 77.2 cm³/mol. The second-order valence-electron chi connectivity index (χ2n) is 4.05. The molecule has 0 aliphatic heterocycles. The quantitative estimate of drug-likeness (QED) is 0.462. The summed E-state index contributed by atoms with van der Waals surface area (Å²) >= 11 is 6.04. The van der Waals surface area contributed by atoms with Gasteiger partial charge in [-0.25, -0.2) is 0 Å². The molecule has 0 aliphatic rings. The molecular formula is C16H13ClO2. The average Bonchev–Trinajstić information content (AvgIpc) is 2.84. The second kappa shape index (κ2) is 6.21. The van der Waals surface area contributed by atoms with Gasteiger partial charge in [0.1, 0.15) is 5.76 Å². The molecule has 0 atom stereocenters. The van der Waals surface area contributed by atoms with Crippen LogP contribution in [0.25, 0.3) is 6.08 Å². The molecule has 1 heterocycles. The molecule has 0 amide bonds. The van der Waals surface area contributed by atoms with E-state index in [-0.39, 0.29) is 5.78 Å². The summed E-state index contributed by atoms with van der Waals surface area (Å²) in [4.78, 5) is 11.7. The van der Waals surface area contributed by atoms with Gasteiger partial charge in [-0.05, 0) is 42.8 Å². The number of allylic oxidation sites excluding steroid dienone is 3. The summed E-state index contributed by atoms with van der Waals surface area (Å²) in [5.74, 6) is 0.827. The van der Waals surface area contributed by atoms with Gasteiger partial charge in [0.2, 0.25) is 5.78 Å². The lowest BCUT2D eigenvalue weighted by molar-refractivity contribution is 0.102. The number of carbonyl (C=O) groups excluding carboxylic acids is 1. The summed E-state index contributed by atoms with van der Waals surface area (Å²) in [5, 5.41) is 0.489. The number of ketones is 1. The van der Waals surface area contributed by atoms with E-state index in [1.165, 1.54) is 6.08 Å². The van der Waals surface area contributed by atoms with Gasteiger partial charge in [0.05, 0.1) is 0 Å². The Kier molecular flexibility index (Phi) is 4.37. The Bertz CT molecular complexity index is 621. The normalized spacial score (nSPS) is 12.0. The standard InChI is InChI=1S/C16H13ClO2/c1-12-7-10-16(19-12)15(18)9-8-14(17)11-13-5-3-2-4-6-13/h2-11H,1H3/b9-8-,14-11+. The first-order valence-corrected chi connectivity index (χ1v) is 6.24. The molecule has 0 radical (unpaired) electrons. The van der Waals surface area contributed by atoms with Crippen LogP contribution in [0.5, 0.6) is 0 Å². The van der Waals surface area contributed by atoms with E-state index in [0.717, 1.165) is 5.56 Å². The topological polar surface area (TPSA) is 30.2 Å². The van der Waals surface area contributed by atoms with Crippen molar-refractivity contribution in [3.8, 4) is 0 Å². The minimum absolute atomic E-state index is 0.201. The highest BCUT2D eigenvalue weighted by molar-refractivity contribution is 6.33. The Morgan fingerprint density at radius 3 is 2.47 bits per heavy atom. The third kappa shape index (κ3) is 3.97. The highest BCUT2D eigenvalue weighted by atomic mass is 35.5. The second-order valence-corrected chi connectivity index (χ2v) is 4.48. The van der Waals surface area contributed by atoms with Crippen LogP contribution >= 0.6 is 11.6 Å². The lowest BCUT2D eigenvalue weighted by atomic mass is 10.2. The third-order valence-corrected chi connectivity index (χ3v) is 2.72. The van der Waals surface area contributed by atoms with Gasteiger partial charge in [-0.3, -0.25) is 4.79 Å². The highest BCUT2D eigenvalue weighted by Crippen LogP contribution is 2.13. The Morgan fingerprint density at radius 2 is 1.84 bits per heavy atom. The fraction of sp³-hybridized carbons (Fsp3) is 0.0625. The first kappa shape index (κ1) is 13.4. The van der Waals surface area contributed by atoms with Crippen LogP contribution < -0.4 is 0 Å². The van der Waals surface area contributed by atoms with E-state index in [9.17, 15) is 4.79 Å². The zero-order valence-corrected chi connectivity index (χ0v) is 11.2. The molecule has 3 heteroatoms. The minimum atomic E-state index is -0.201. The molecular weight excluding hydrogens is 260 g/mol. The molecule has 19 heavy (non-hydrogen) atoms. The van der Waals surface area contributed by atoms with Crippen LogP contribution in [0.4, 0.5) is 0 Å². The number of aryl methyl sites for hydroxylation is 1. The number of hydrogen-bond acceptors (Lipinski definition) is 2.